The van der Waals surface area contributed by atoms with Crippen molar-refractivity contribution < 1.29 is 18.4 Å². The molecule has 0 amide bonds. The number of rotatable bonds is 9. The molecule has 0 aromatic rings. The molecule has 0 aromatic carbocycles. The molecular weight excluding hydrogens is 236 g/mol. The number of esters is 1. The summed E-state index contributed by atoms with van der Waals surface area (Å²) in [6.07, 6.45) is 4.02. The summed E-state index contributed by atoms with van der Waals surface area (Å²) < 4.78 is 15.9. The fourth-order valence-electron chi connectivity index (χ4n) is 1.47. The van der Waals surface area contributed by atoms with Crippen LogP contribution in [0.5, 0.6) is 0 Å². The van der Waals surface area contributed by atoms with Gasteiger partial charge in [-0.15, -0.1) is 0 Å². The van der Waals surface area contributed by atoms with Gasteiger partial charge in [0.15, 0.2) is 0 Å². The van der Waals surface area contributed by atoms with E-state index in [0.29, 0.717) is 0 Å². The van der Waals surface area contributed by atoms with E-state index in [9.17, 15) is 4.79 Å². The molecule has 0 radical (unpaired) electrons. The first-order valence-corrected chi connectivity index (χ1v) is 8.43. The highest BCUT2D eigenvalue weighted by atomic mass is 28.4. The minimum absolute atomic E-state index is 0.0569. The molecule has 100 valence electrons. The molecule has 4 nitrogen and oxygen atoms in total. The minimum Gasteiger partial charge on any atom is -0.460 e. The van der Waals surface area contributed by atoms with Crippen LogP contribution in [0.15, 0.2) is 12.7 Å². The Balaban J connectivity index is 3.70. The number of carbonyl (C=O) groups excluding carboxylic acids is 1. The molecule has 0 saturated carbocycles. The van der Waals surface area contributed by atoms with Crippen LogP contribution in [-0.2, 0) is 18.4 Å². The quantitative estimate of drug-likeness (QED) is 0.277. The highest BCUT2D eigenvalue weighted by molar-refractivity contribution is 6.65. The van der Waals surface area contributed by atoms with E-state index in [-0.39, 0.29) is 12.1 Å². The number of hydrogen-bond donors (Lipinski definition) is 0. The van der Waals surface area contributed by atoms with Crippen molar-refractivity contribution in [3.05, 3.63) is 12.7 Å². The third-order valence-corrected chi connectivity index (χ3v) is 5.83. The molecule has 0 aromatic heterocycles. The van der Waals surface area contributed by atoms with Crippen LogP contribution in [-0.4, -0.2) is 34.9 Å². The summed E-state index contributed by atoms with van der Waals surface area (Å²) >= 11 is 0. The Hall–Kier alpha value is -0.653. The Kier molecular flexibility index (Phi) is 8.12. The fourth-order valence-corrected chi connectivity index (χ4v) is 2.94. The van der Waals surface area contributed by atoms with Gasteiger partial charge in [-0.3, -0.25) is 0 Å². The molecule has 0 fully saturated rings. The molecule has 1 unspecified atom stereocenters. The zero-order valence-corrected chi connectivity index (χ0v) is 12.3. The molecule has 0 saturated heterocycles. The van der Waals surface area contributed by atoms with Gasteiger partial charge in [0.1, 0.15) is 0 Å². The van der Waals surface area contributed by atoms with Gasteiger partial charge >= 0.3 is 14.5 Å². The van der Waals surface area contributed by atoms with Gasteiger partial charge in [-0.05, 0) is 32.4 Å². The largest absolute Gasteiger partial charge is 0.460 e. The fraction of sp³-hybridized carbons (Fsp3) is 0.750. The summed E-state index contributed by atoms with van der Waals surface area (Å²) in [5.74, 6) is -0.356. The summed E-state index contributed by atoms with van der Waals surface area (Å²) in [4.78, 5) is 10.9. The van der Waals surface area contributed by atoms with Crippen LogP contribution in [0.3, 0.4) is 0 Å². The average molecular weight is 260 g/mol. The highest BCUT2D eigenvalue weighted by Crippen LogP contribution is 2.17. The normalized spacial score (nSPS) is 13.2. The molecular formula is C12H24O4Si. The maximum Gasteiger partial charge on any atom is 0.334 e. The summed E-state index contributed by atoms with van der Waals surface area (Å²) in [6, 6.07) is 0.960. The minimum atomic E-state index is -1.93. The van der Waals surface area contributed by atoms with Crippen molar-refractivity contribution in [2.45, 2.75) is 44.9 Å². The molecule has 0 aliphatic rings. The van der Waals surface area contributed by atoms with E-state index >= 15 is 0 Å². The van der Waals surface area contributed by atoms with Gasteiger partial charge < -0.3 is 13.6 Å². The lowest BCUT2D eigenvalue weighted by Gasteiger charge is -2.22. The number of hydrogen-bond acceptors (Lipinski definition) is 4. The van der Waals surface area contributed by atoms with Gasteiger partial charge in [-0.1, -0.05) is 13.0 Å². The highest BCUT2D eigenvalue weighted by Gasteiger charge is 2.27. The molecule has 0 spiro atoms. The van der Waals surface area contributed by atoms with E-state index in [2.05, 4.69) is 6.58 Å². The number of unbranched alkanes of at least 4 members (excludes halogenated alkanes) is 1. The number of ether oxygens (including phenoxy) is 1. The van der Waals surface area contributed by atoms with Gasteiger partial charge in [-0.2, -0.15) is 0 Å². The van der Waals surface area contributed by atoms with Crippen LogP contribution in [0, 0.1) is 0 Å². The molecule has 0 aliphatic carbocycles. The van der Waals surface area contributed by atoms with E-state index in [1.165, 1.54) is 6.08 Å². The first kappa shape index (κ1) is 16.3. The predicted octanol–water partition coefficient (Wildman–Crippen LogP) is 2.64. The van der Waals surface area contributed by atoms with E-state index in [1.54, 1.807) is 14.2 Å². The van der Waals surface area contributed by atoms with Crippen molar-refractivity contribution in [3.8, 4) is 0 Å². The standard InChI is InChI=1S/C12H24O4Si/c1-6-12(13)16-11(2)9-7-8-10-17(5,14-3)15-4/h6,11H,1,7-10H2,2-5H3. The lowest BCUT2D eigenvalue weighted by molar-refractivity contribution is -0.142. The summed E-state index contributed by atoms with van der Waals surface area (Å²) in [5, 5.41) is 0. The molecule has 1 atom stereocenters. The first-order chi connectivity index (χ1) is 7.97. The Morgan fingerprint density at radius 3 is 2.41 bits per heavy atom. The van der Waals surface area contributed by atoms with Gasteiger partial charge in [0.05, 0.1) is 6.10 Å². The van der Waals surface area contributed by atoms with Crippen LogP contribution in [0.4, 0.5) is 0 Å². The molecule has 0 heterocycles. The molecule has 5 heteroatoms. The van der Waals surface area contributed by atoms with Crippen molar-refractivity contribution in [2.24, 2.45) is 0 Å². The number of carbonyl (C=O) groups is 1. The predicted molar refractivity (Wildman–Crippen MR) is 70.0 cm³/mol. The van der Waals surface area contributed by atoms with Gasteiger partial charge in [0, 0.05) is 20.3 Å². The lowest BCUT2D eigenvalue weighted by atomic mass is 10.2. The van der Waals surface area contributed by atoms with Crippen LogP contribution in [0.1, 0.15) is 26.2 Å². The Morgan fingerprint density at radius 1 is 1.35 bits per heavy atom. The molecule has 17 heavy (non-hydrogen) atoms. The second-order valence-electron chi connectivity index (χ2n) is 4.24. The SMILES string of the molecule is C=CC(=O)OC(C)CCCC[Si](C)(OC)OC. The van der Waals surface area contributed by atoms with Crippen molar-refractivity contribution in [2.75, 3.05) is 14.2 Å². The molecule has 0 bridgehead atoms. The van der Waals surface area contributed by atoms with E-state index in [4.69, 9.17) is 13.6 Å². The topological polar surface area (TPSA) is 44.8 Å². The summed E-state index contributed by atoms with van der Waals surface area (Å²) in [7, 11) is 1.47. The lowest BCUT2D eigenvalue weighted by Crippen LogP contribution is -2.35. The summed E-state index contributed by atoms with van der Waals surface area (Å²) in [5.41, 5.74) is 0. The third-order valence-electron chi connectivity index (χ3n) is 2.84. The molecule has 0 rings (SSSR count). The Morgan fingerprint density at radius 2 is 1.94 bits per heavy atom. The van der Waals surface area contributed by atoms with Crippen LogP contribution in [0.2, 0.25) is 12.6 Å². The molecule has 0 aliphatic heterocycles. The van der Waals surface area contributed by atoms with Crippen molar-refractivity contribution in [1.29, 1.82) is 0 Å². The zero-order chi connectivity index (χ0) is 13.3. The maximum atomic E-state index is 10.9. The van der Waals surface area contributed by atoms with E-state index in [1.807, 2.05) is 13.5 Å². The van der Waals surface area contributed by atoms with Crippen LogP contribution < -0.4 is 0 Å². The van der Waals surface area contributed by atoms with Crippen LogP contribution >= 0.6 is 0 Å². The van der Waals surface area contributed by atoms with Crippen LogP contribution in [0.25, 0.3) is 0 Å². The van der Waals surface area contributed by atoms with Gasteiger partial charge in [0.2, 0.25) is 0 Å². The summed E-state index contributed by atoms with van der Waals surface area (Å²) in [6.45, 7) is 7.31. The monoisotopic (exact) mass is 260 g/mol. The molecule has 0 N–H and O–H groups in total. The van der Waals surface area contributed by atoms with Crippen molar-refractivity contribution >= 4 is 14.5 Å². The van der Waals surface area contributed by atoms with E-state index in [0.717, 1.165) is 25.3 Å². The second-order valence-corrected chi connectivity index (χ2v) is 7.82. The zero-order valence-electron chi connectivity index (χ0n) is 11.3. The Labute approximate surface area is 105 Å². The van der Waals surface area contributed by atoms with Gasteiger partial charge in [0.25, 0.3) is 0 Å². The van der Waals surface area contributed by atoms with E-state index < -0.39 is 8.56 Å². The Bertz CT molecular complexity index is 239. The first-order valence-electron chi connectivity index (χ1n) is 5.90. The van der Waals surface area contributed by atoms with Crippen molar-refractivity contribution in [1.82, 2.24) is 0 Å². The maximum absolute atomic E-state index is 10.9. The third kappa shape index (κ3) is 7.30. The second kappa shape index (κ2) is 8.44. The van der Waals surface area contributed by atoms with Gasteiger partial charge in [-0.25, -0.2) is 4.79 Å². The average Bonchev–Trinajstić information content (AvgIpc) is 2.34. The smallest absolute Gasteiger partial charge is 0.334 e. The van der Waals surface area contributed by atoms with Crippen molar-refractivity contribution in [3.63, 3.8) is 0 Å².